The molecule has 0 radical (unpaired) electrons. The fourth-order valence-corrected chi connectivity index (χ4v) is 3.23. The highest BCUT2D eigenvalue weighted by atomic mass is 35.5. The maximum absolute atomic E-state index is 12.4. The Bertz CT molecular complexity index is 786. The standard InChI is InChI=1S/C17H20ClN5OS/c1-4-22(9-12(2)8-19)16(24)10-25-17-21-20-11-23(17)14-6-5-13(3)15(18)7-14/h5-7,11-12H,4,9-10H2,1-3H3. The van der Waals surface area contributed by atoms with Crippen molar-refractivity contribution in [2.75, 3.05) is 18.8 Å². The van der Waals surface area contributed by atoms with Crippen molar-refractivity contribution >= 4 is 29.3 Å². The minimum Gasteiger partial charge on any atom is -0.341 e. The van der Waals surface area contributed by atoms with E-state index >= 15 is 0 Å². The number of rotatable bonds is 7. The molecule has 25 heavy (non-hydrogen) atoms. The van der Waals surface area contributed by atoms with Gasteiger partial charge >= 0.3 is 0 Å². The second-order valence-electron chi connectivity index (χ2n) is 5.67. The molecular weight excluding hydrogens is 358 g/mol. The molecule has 6 nitrogen and oxygen atoms in total. The maximum atomic E-state index is 12.4. The molecule has 1 aromatic carbocycles. The molecule has 1 unspecified atom stereocenters. The third kappa shape index (κ3) is 4.97. The number of thioether (sulfide) groups is 1. The van der Waals surface area contributed by atoms with E-state index in [1.807, 2.05) is 32.0 Å². The van der Waals surface area contributed by atoms with Crippen LogP contribution in [-0.2, 0) is 4.79 Å². The van der Waals surface area contributed by atoms with Crippen LogP contribution in [0, 0.1) is 24.2 Å². The maximum Gasteiger partial charge on any atom is 0.233 e. The third-order valence-corrected chi connectivity index (χ3v) is 5.06. The minimum atomic E-state index is -0.188. The normalized spacial score (nSPS) is 11.8. The first-order chi connectivity index (χ1) is 12.0. The average molecular weight is 378 g/mol. The number of carbonyl (C=O) groups is 1. The first-order valence-corrected chi connectivity index (χ1v) is 9.29. The topological polar surface area (TPSA) is 74.8 Å². The minimum absolute atomic E-state index is 0.0221. The largest absolute Gasteiger partial charge is 0.341 e. The second-order valence-corrected chi connectivity index (χ2v) is 7.02. The first-order valence-electron chi connectivity index (χ1n) is 7.93. The molecular formula is C17H20ClN5OS. The number of nitrogens with zero attached hydrogens (tertiary/aromatic N) is 5. The fourth-order valence-electron chi connectivity index (χ4n) is 2.23. The van der Waals surface area contributed by atoms with Crippen LogP contribution in [0.2, 0.25) is 5.02 Å². The number of amides is 1. The Labute approximate surface area is 156 Å². The third-order valence-electron chi connectivity index (χ3n) is 3.72. The van der Waals surface area contributed by atoms with Crippen molar-refractivity contribution in [1.82, 2.24) is 19.7 Å². The number of aromatic nitrogens is 3. The Balaban J connectivity index is 2.07. The van der Waals surface area contributed by atoms with Crippen LogP contribution in [0.25, 0.3) is 5.69 Å². The van der Waals surface area contributed by atoms with Gasteiger partial charge in [-0.25, -0.2) is 0 Å². The van der Waals surface area contributed by atoms with E-state index < -0.39 is 0 Å². The first kappa shape index (κ1) is 19.3. The number of aryl methyl sites for hydroxylation is 1. The molecule has 0 saturated carbocycles. The molecule has 0 N–H and O–H groups in total. The van der Waals surface area contributed by atoms with Gasteiger partial charge in [0.25, 0.3) is 0 Å². The second kappa shape index (κ2) is 8.88. The van der Waals surface area contributed by atoms with Gasteiger partial charge in [0, 0.05) is 18.1 Å². The summed E-state index contributed by atoms with van der Waals surface area (Å²) in [7, 11) is 0. The van der Waals surface area contributed by atoms with Crippen LogP contribution in [0.3, 0.4) is 0 Å². The molecule has 132 valence electrons. The SMILES string of the molecule is CCN(CC(C)C#N)C(=O)CSc1nncn1-c1ccc(C)c(Cl)c1. The molecule has 1 amide bonds. The number of nitriles is 1. The van der Waals surface area contributed by atoms with E-state index in [2.05, 4.69) is 16.3 Å². The molecule has 0 aliphatic heterocycles. The summed E-state index contributed by atoms with van der Waals surface area (Å²) in [5.74, 6) is 0.0305. The van der Waals surface area contributed by atoms with E-state index in [1.54, 1.807) is 22.7 Å². The summed E-state index contributed by atoms with van der Waals surface area (Å²) in [6.45, 7) is 6.66. The van der Waals surface area contributed by atoms with Crippen molar-refractivity contribution in [2.45, 2.75) is 25.9 Å². The molecule has 0 bridgehead atoms. The van der Waals surface area contributed by atoms with Crippen molar-refractivity contribution in [3.8, 4) is 11.8 Å². The van der Waals surface area contributed by atoms with Gasteiger partial charge in [0.1, 0.15) is 6.33 Å². The van der Waals surface area contributed by atoms with Crippen LogP contribution < -0.4 is 0 Å². The molecule has 0 spiro atoms. The number of carbonyl (C=O) groups excluding carboxylic acids is 1. The van der Waals surface area contributed by atoms with Crippen molar-refractivity contribution in [3.63, 3.8) is 0 Å². The van der Waals surface area contributed by atoms with Gasteiger partial charge in [-0.15, -0.1) is 10.2 Å². The molecule has 0 aliphatic carbocycles. The van der Waals surface area contributed by atoms with Gasteiger partial charge in [-0.1, -0.05) is 29.4 Å². The lowest BCUT2D eigenvalue weighted by atomic mass is 10.2. The van der Waals surface area contributed by atoms with E-state index in [9.17, 15) is 4.79 Å². The zero-order valence-corrected chi connectivity index (χ0v) is 16.0. The van der Waals surface area contributed by atoms with E-state index in [-0.39, 0.29) is 17.6 Å². The molecule has 0 fully saturated rings. The summed E-state index contributed by atoms with van der Waals surface area (Å²) in [5, 5.41) is 18.2. The van der Waals surface area contributed by atoms with Crippen molar-refractivity contribution in [2.24, 2.45) is 5.92 Å². The number of hydrogen-bond donors (Lipinski definition) is 0. The highest BCUT2D eigenvalue weighted by Crippen LogP contribution is 2.24. The molecule has 8 heteroatoms. The predicted molar refractivity (Wildman–Crippen MR) is 98.9 cm³/mol. The van der Waals surface area contributed by atoms with Crippen LogP contribution in [-0.4, -0.2) is 44.4 Å². The number of halogens is 1. The van der Waals surface area contributed by atoms with E-state index in [0.29, 0.717) is 23.3 Å². The lowest BCUT2D eigenvalue weighted by Crippen LogP contribution is -2.35. The van der Waals surface area contributed by atoms with E-state index in [4.69, 9.17) is 16.9 Å². The number of hydrogen-bond acceptors (Lipinski definition) is 5. The molecule has 0 aliphatic rings. The lowest BCUT2D eigenvalue weighted by molar-refractivity contribution is -0.128. The van der Waals surface area contributed by atoms with Crippen LogP contribution in [0.15, 0.2) is 29.7 Å². The summed E-state index contributed by atoms with van der Waals surface area (Å²) in [4.78, 5) is 14.1. The van der Waals surface area contributed by atoms with Crippen LogP contribution in [0.1, 0.15) is 19.4 Å². The zero-order chi connectivity index (χ0) is 18.4. The summed E-state index contributed by atoms with van der Waals surface area (Å²) in [5.41, 5.74) is 1.84. The van der Waals surface area contributed by atoms with Gasteiger partial charge in [-0.3, -0.25) is 9.36 Å². The summed E-state index contributed by atoms with van der Waals surface area (Å²) in [6.07, 6.45) is 1.60. The predicted octanol–water partition coefficient (Wildman–Crippen LogP) is 3.33. The Morgan fingerprint density at radius 3 is 2.92 bits per heavy atom. The van der Waals surface area contributed by atoms with Gasteiger partial charge in [0.05, 0.1) is 23.4 Å². The summed E-state index contributed by atoms with van der Waals surface area (Å²) >= 11 is 7.50. The summed E-state index contributed by atoms with van der Waals surface area (Å²) < 4.78 is 1.80. The lowest BCUT2D eigenvalue weighted by Gasteiger charge is -2.21. The molecule has 2 aromatic rings. The zero-order valence-electron chi connectivity index (χ0n) is 14.4. The molecule has 1 aromatic heterocycles. The van der Waals surface area contributed by atoms with Crippen LogP contribution in [0.4, 0.5) is 0 Å². The van der Waals surface area contributed by atoms with E-state index in [1.165, 1.54) is 11.8 Å². The highest BCUT2D eigenvalue weighted by molar-refractivity contribution is 7.99. The van der Waals surface area contributed by atoms with Gasteiger partial charge in [0.15, 0.2) is 5.16 Å². The van der Waals surface area contributed by atoms with Crippen LogP contribution in [0.5, 0.6) is 0 Å². The average Bonchev–Trinajstić information content (AvgIpc) is 3.08. The van der Waals surface area contributed by atoms with Crippen LogP contribution >= 0.6 is 23.4 Å². The molecule has 1 heterocycles. The Morgan fingerprint density at radius 2 is 2.28 bits per heavy atom. The quantitative estimate of drug-likeness (QED) is 0.692. The smallest absolute Gasteiger partial charge is 0.233 e. The molecule has 2 rings (SSSR count). The Morgan fingerprint density at radius 1 is 1.52 bits per heavy atom. The highest BCUT2D eigenvalue weighted by Gasteiger charge is 2.17. The fraction of sp³-hybridized carbons (Fsp3) is 0.412. The Kier molecular flexibility index (Phi) is 6.85. The van der Waals surface area contributed by atoms with Gasteiger partial charge in [-0.05, 0) is 38.5 Å². The monoisotopic (exact) mass is 377 g/mol. The molecule has 1 atom stereocenters. The van der Waals surface area contributed by atoms with Crippen molar-refractivity contribution < 1.29 is 4.79 Å². The van der Waals surface area contributed by atoms with Gasteiger partial charge in [-0.2, -0.15) is 5.26 Å². The molecule has 0 saturated heterocycles. The van der Waals surface area contributed by atoms with Gasteiger partial charge in [0.2, 0.25) is 5.91 Å². The van der Waals surface area contributed by atoms with E-state index in [0.717, 1.165) is 11.3 Å². The van der Waals surface area contributed by atoms with Crippen molar-refractivity contribution in [1.29, 1.82) is 5.26 Å². The number of benzene rings is 1. The van der Waals surface area contributed by atoms with Gasteiger partial charge < -0.3 is 4.90 Å². The summed E-state index contributed by atoms with van der Waals surface area (Å²) in [6, 6.07) is 7.87. The van der Waals surface area contributed by atoms with Crippen molar-refractivity contribution in [3.05, 3.63) is 35.1 Å². The Hall–Kier alpha value is -2.04.